The molecule has 1 amide bonds. The quantitative estimate of drug-likeness (QED) is 0.705. The van der Waals surface area contributed by atoms with Crippen molar-refractivity contribution in [3.8, 4) is 17.2 Å². The number of benzene rings is 2. The first-order valence-corrected chi connectivity index (χ1v) is 9.54. The highest BCUT2D eigenvalue weighted by Gasteiger charge is 2.24. The van der Waals surface area contributed by atoms with Crippen LogP contribution in [0.2, 0.25) is 0 Å². The molecule has 0 radical (unpaired) electrons. The van der Waals surface area contributed by atoms with Gasteiger partial charge in [-0.3, -0.25) is 4.79 Å². The molecule has 1 unspecified atom stereocenters. The predicted octanol–water partition coefficient (Wildman–Crippen LogP) is 3.58. The van der Waals surface area contributed by atoms with Gasteiger partial charge in [-0.1, -0.05) is 12.1 Å². The summed E-state index contributed by atoms with van der Waals surface area (Å²) in [5.74, 6) is -0.0264. The topological polar surface area (TPSA) is 94.1 Å². The van der Waals surface area contributed by atoms with Crippen LogP contribution in [-0.4, -0.2) is 37.3 Å². The summed E-state index contributed by atoms with van der Waals surface area (Å²) in [6, 6.07) is 10.2. The molecule has 1 atom stereocenters. The van der Waals surface area contributed by atoms with Gasteiger partial charge in [-0.05, 0) is 61.6 Å². The molecule has 0 spiro atoms. The molecule has 2 aromatic carbocycles. The van der Waals surface area contributed by atoms with Gasteiger partial charge in [0.05, 0.1) is 20.3 Å². The number of methoxy groups -OCH3 is 2. The summed E-state index contributed by atoms with van der Waals surface area (Å²) < 4.78 is 16.4. The Morgan fingerprint density at radius 3 is 2.28 bits per heavy atom. The fourth-order valence-electron chi connectivity index (χ4n) is 3.39. The van der Waals surface area contributed by atoms with E-state index >= 15 is 0 Å². The first-order valence-electron chi connectivity index (χ1n) is 9.54. The van der Waals surface area contributed by atoms with Crippen LogP contribution in [0.3, 0.4) is 0 Å². The van der Waals surface area contributed by atoms with Crippen LogP contribution in [0.25, 0.3) is 0 Å². The molecular weight excluding hydrogens is 374 g/mol. The molecule has 7 nitrogen and oxygen atoms in total. The van der Waals surface area contributed by atoms with Gasteiger partial charge in [-0.15, -0.1) is 0 Å². The minimum Gasteiger partial charge on any atom is -0.497 e. The Morgan fingerprint density at radius 2 is 1.69 bits per heavy atom. The van der Waals surface area contributed by atoms with Crippen molar-refractivity contribution in [2.75, 3.05) is 14.2 Å². The van der Waals surface area contributed by atoms with Crippen LogP contribution in [0.15, 0.2) is 42.5 Å². The SMILES string of the molecule is COc1ccc(C(NC(=O)c2ccc(OC)c(OC3CCCC3)c2)C(=O)O)cc1. The molecule has 0 saturated heterocycles. The molecule has 0 aromatic heterocycles. The lowest BCUT2D eigenvalue weighted by Gasteiger charge is -2.18. The maximum atomic E-state index is 12.7. The average Bonchev–Trinajstić information content (AvgIpc) is 3.24. The maximum absolute atomic E-state index is 12.7. The lowest BCUT2D eigenvalue weighted by Crippen LogP contribution is -2.33. The van der Waals surface area contributed by atoms with E-state index in [1.807, 2.05) is 0 Å². The van der Waals surface area contributed by atoms with Crippen LogP contribution in [0.4, 0.5) is 0 Å². The summed E-state index contributed by atoms with van der Waals surface area (Å²) >= 11 is 0. The van der Waals surface area contributed by atoms with Gasteiger partial charge in [0, 0.05) is 5.56 Å². The summed E-state index contributed by atoms with van der Waals surface area (Å²) in [5.41, 5.74) is 0.751. The molecule has 154 valence electrons. The van der Waals surface area contributed by atoms with Gasteiger partial charge in [0.1, 0.15) is 5.75 Å². The monoisotopic (exact) mass is 399 g/mol. The Hall–Kier alpha value is -3.22. The first-order chi connectivity index (χ1) is 14.0. The van der Waals surface area contributed by atoms with Crippen LogP contribution < -0.4 is 19.5 Å². The van der Waals surface area contributed by atoms with Gasteiger partial charge < -0.3 is 24.6 Å². The fraction of sp³-hybridized carbons (Fsp3) is 0.364. The third-order valence-corrected chi connectivity index (χ3v) is 4.99. The highest BCUT2D eigenvalue weighted by atomic mass is 16.5. The van der Waals surface area contributed by atoms with E-state index in [1.54, 1.807) is 49.6 Å². The van der Waals surface area contributed by atoms with E-state index in [0.717, 1.165) is 25.7 Å². The molecule has 1 fully saturated rings. The van der Waals surface area contributed by atoms with Crippen molar-refractivity contribution in [1.82, 2.24) is 5.32 Å². The largest absolute Gasteiger partial charge is 0.497 e. The molecule has 0 aliphatic heterocycles. The van der Waals surface area contributed by atoms with E-state index in [0.29, 0.717) is 28.4 Å². The number of hydrogen-bond acceptors (Lipinski definition) is 5. The van der Waals surface area contributed by atoms with Crippen molar-refractivity contribution in [2.45, 2.75) is 37.8 Å². The number of carboxylic acid groups (broad SMARTS) is 1. The summed E-state index contributed by atoms with van der Waals surface area (Å²) in [5, 5.41) is 12.2. The summed E-state index contributed by atoms with van der Waals surface area (Å²) in [6.07, 6.45) is 4.29. The first kappa shape index (κ1) is 20.5. The number of hydrogen-bond donors (Lipinski definition) is 2. The zero-order valence-electron chi connectivity index (χ0n) is 16.5. The highest BCUT2D eigenvalue weighted by Crippen LogP contribution is 2.32. The number of carbonyl (C=O) groups is 2. The zero-order chi connectivity index (χ0) is 20.8. The normalized spacial score (nSPS) is 14.8. The molecule has 7 heteroatoms. The van der Waals surface area contributed by atoms with Gasteiger partial charge in [0.15, 0.2) is 17.5 Å². The summed E-state index contributed by atoms with van der Waals surface area (Å²) in [6.45, 7) is 0. The van der Waals surface area contributed by atoms with E-state index in [9.17, 15) is 14.7 Å². The molecule has 1 aliphatic rings. The van der Waals surface area contributed by atoms with Crippen LogP contribution in [-0.2, 0) is 4.79 Å². The molecule has 2 N–H and O–H groups in total. The van der Waals surface area contributed by atoms with Crippen LogP contribution in [0.1, 0.15) is 47.6 Å². The standard InChI is InChI=1S/C22H25NO6/c1-27-16-10-7-14(8-11-16)20(22(25)26)23-21(24)15-9-12-18(28-2)19(13-15)29-17-5-3-4-6-17/h7-13,17,20H,3-6H2,1-2H3,(H,23,24)(H,25,26). The van der Waals surface area contributed by atoms with E-state index < -0.39 is 17.9 Å². The Bertz CT molecular complexity index is 858. The van der Waals surface area contributed by atoms with Gasteiger partial charge in [-0.2, -0.15) is 0 Å². The Morgan fingerprint density at radius 1 is 1.00 bits per heavy atom. The lowest BCUT2D eigenvalue weighted by atomic mass is 10.1. The van der Waals surface area contributed by atoms with Crippen molar-refractivity contribution in [1.29, 1.82) is 0 Å². The minimum atomic E-state index is -1.19. The van der Waals surface area contributed by atoms with Crippen molar-refractivity contribution in [2.24, 2.45) is 0 Å². The Kier molecular flexibility index (Phi) is 6.59. The van der Waals surface area contributed by atoms with E-state index in [1.165, 1.54) is 7.11 Å². The number of carboxylic acids is 1. The van der Waals surface area contributed by atoms with Crippen molar-refractivity contribution in [3.05, 3.63) is 53.6 Å². The highest BCUT2D eigenvalue weighted by molar-refractivity contribution is 5.97. The number of nitrogens with one attached hydrogen (secondary N) is 1. The third kappa shape index (κ3) is 4.99. The van der Waals surface area contributed by atoms with Gasteiger partial charge in [-0.25, -0.2) is 4.79 Å². The smallest absolute Gasteiger partial charge is 0.330 e. The lowest BCUT2D eigenvalue weighted by molar-refractivity contribution is -0.139. The van der Waals surface area contributed by atoms with Gasteiger partial charge >= 0.3 is 5.97 Å². The molecule has 2 aromatic rings. The molecular formula is C22H25NO6. The van der Waals surface area contributed by atoms with Crippen molar-refractivity contribution < 1.29 is 28.9 Å². The predicted molar refractivity (Wildman–Crippen MR) is 107 cm³/mol. The Balaban J connectivity index is 1.79. The molecule has 1 saturated carbocycles. The number of rotatable bonds is 8. The third-order valence-electron chi connectivity index (χ3n) is 4.99. The number of carbonyl (C=O) groups excluding carboxylic acids is 1. The van der Waals surface area contributed by atoms with E-state index in [2.05, 4.69) is 5.32 Å². The molecule has 3 rings (SSSR count). The molecule has 0 bridgehead atoms. The van der Waals surface area contributed by atoms with Crippen LogP contribution in [0, 0.1) is 0 Å². The molecule has 29 heavy (non-hydrogen) atoms. The number of amides is 1. The van der Waals surface area contributed by atoms with Crippen LogP contribution in [0.5, 0.6) is 17.2 Å². The van der Waals surface area contributed by atoms with Gasteiger partial charge in [0.25, 0.3) is 5.91 Å². The van der Waals surface area contributed by atoms with Crippen molar-refractivity contribution >= 4 is 11.9 Å². The average molecular weight is 399 g/mol. The number of aliphatic carboxylic acids is 1. The zero-order valence-corrected chi connectivity index (χ0v) is 16.5. The van der Waals surface area contributed by atoms with Crippen molar-refractivity contribution in [3.63, 3.8) is 0 Å². The maximum Gasteiger partial charge on any atom is 0.330 e. The Labute approximate surface area is 169 Å². The van der Waals surface area contributed by atoms with Gasteiger partial charge in [0.2, 0.25) is 0 Å². The van der Waals surface area contributed by atoms with E-state index in [4.69, 9.17) is 14.2 Å². The second kappa shape index (κ2) is 9.32. The second-order valence-electron chi connectivity index (χ2n) is 6.91. The minimum absolute atomic E-state index is 0.105. The second-order valence-corrected chi connectivity index (χ2v) is 6.91. The molecule has 1 aliphatic carbocycles. The summed E-state index contributed by atoms with van der Waals surface area (Å²) in [4.78, 5) is 24.5. The van der Waals surface area contributed by atoms with E-state index in [-0.39, 0.29) is 6.10 Å². The van der Waals surface area contributed by atoms with Crippen LogP contribution >= 0.6 is 0 Å². The fourth-order valence-corrected chi connectivity index (χ4v) is 3.39. The number of ether oxygens (including phenoxy) is 3. The summed E-state index contributed by atoms with van der Waals surface area (Å²) in [7, 11) is 3.07. The molecule has 0 heterocycles.